The van der Waals surface area contributed by atoms with Gasteiger partial charge < -0.3 is 20.4 Å². The minimum absolute atomic E-state index is 0.0261. The van der Waals surface area contributed by atoms with Gasteiger partial charge in [0, 0.05) is 42.0 Å². The fourth-order valence-corrected chi connectivity index (χ4v) is 5.29. The standard InChI is InChI=1S/C27H33ClN6O3/c1-27(2,3)37-26(36)34-11-9-21(34)25(35)32-18-7-4-6-17(14-18)31-23-13-16(12-22(28)33-23)20-15-30-24-19(20)8-5-10-29-24/h5,8,10,12-13,15,17-18,21H,4,6-7,9,11,14H2,1-3H3,(H,29,30)(H,31,33)(H,32,35). The maximum atomic E-state index is 12.9. The van der Waals surface area contributed by atoms with Gasteiger partial charge in [0.25, 0.3) is 0 Å². The number of rotatable bonds is 5. The van der Waals surface area contributed by atoms with E-state index in [2.05, 4.69) is 25.6 Å². The molecule has 0 aromatic carbocycles. The third-order valence-corrected chi connectivity index (χ3v) is 7.07. The van der Waals surface area contributed by atoms with Crippen LogP contribution in [0.15, 0.2) is 36.7 Å². The summed E-state index contributed by atoms with van der Waals surface area (Å²) in [4.78, 5) is 38.9. The van der Waals surface area contributed by atoms with Gasteiger partial charge in [0.1, 0.15) is 28.3 Å². The van der Waals surface area contributed by atoms with Crippen molar-refractivity contribution >= 4 is 40.5 Å². The zero-order valence-electron chi connectivity index (χ0n) is 21.4. The number of hydrogen-bond acceptors (Lipinski definition) is 6. The first-order valence-electron chi connectivity index (χ1n) is 12.8. The Kier molecular flexibility index (Phi) is 6.98. The Morgan fingerprint density at radius 3 is 2.76 bits per heavy atom. The molecule has 1 saturated heterocycles. The normalized spacial score (nSPS) is 21.8. The van der Waals surface area contributed by atoms with Gasteiger partial charge in [-0.3, -0.25) is 9.69 Å². The number of carbonyl (C=O) groups is 2. The summed E-state index contributed by atoms with van der Waals surface area (Å²) in [6.45, 7) is 6.01. The molecule has 1 aliphatic carbocycles. The molecule has 3 N–H and O–H groups in total. The van der Waals surface area contributed by atoms with E-state index in [1.54, 1.807) is 6.20 Å². The number of amides is 2. The highest BCUT2D eigenvalue weighted by molar-refractivity contribution is 6.29. The van der Waals surface area contributed by atoms with Gasteiger partial charge in [-0.15, -0.1) is 0 Å². The van der Waals surface area contributed by atoms with Gasteiger partial charge in [-0.05, 0) is 82.7 Å². The van der Waals surface area contributed by atoms with Gasteiger partial charge in [0.2, 0.25) is 5.91 Å². The van der Waals surface area contributed by atoms with Crippen LogP contribution >= 0.6 is 11.6 Å². The molecule has 3 atom stereocenters. The molecule has 2 amide bonds. The minimum Gasteiger partial charge on any atom is -0.444 e. The number of fused-ring (bicyclic) bond motifs is 1. The fourth-order valence-electron chi connectivity index (χ4n) is 5.08. The molecule has 2 fully saturated rings. The van der Waals surface area contributed by atoms with Crippen molar-refractivity contribution in [3.05, 3.63) is 41.8 Å². The Hall–Kier alpha value is -3.33. The number of aromatic nitrogens is 3. The molecule has 1 aliphatic heterocycles. The van der Waals surface area contributed by atoms with Crippen molar-refractivity contribution in [2.45, 2.75) is 76.6 Å². The summed E-state index contributed by atoms with van der Waals surface area (Å²) < 4.78 is 5.44. The van der Waals surface area contributed by atoms with Crippen molar-refractivity contribution in [2.24, 2.45) is 0 Å². The quantitative estimate of drug-likeness (QED) is 0.399. The first-order valence-corrected chi connectivity index (χ1v) is 13.2. The number of aromatic amines is 1. The summed E-state index contributed by atoms with van der Waals surface area (Å²) in [5.74, 6) is 0.590. The summed E-state index contributed by atoms with van der Waals surface area (Å²) in [6.07, 6.45) is 7.53. The molecule has 3 aromatic rings. The van der Waals surface area contributed by atoms with Crippen molar-refractivity contribution in [2.75, 3.05) is 11.9 Å². The number of hydrogen-bond donors (Lipinski definition) is 3. The molecule has 37 heavy (non-hydrogen) atoms. The van der Waals surface area contributed by atoms with Crippen LogP contribution in [-0.2, 0) is 9.53 Å². The SMILES string of the molecule is CC(C)(C)OC(=O)N1CCC1C(=O)NC1CCCC(Nc2cc(-c3c[nH]c4ncccc34)cc(Cl)n2)C1. The number of likely N-dealkylation sites (tertiary alicyclic amines) is 1. The number of pyridine rings is 2. The number of halogens is 1. The monoisotopic (exact) mass is 524 g/mol. The summed E-state index contributed by atoms with van der Waals surface area (Å²) in [5.41, 5.74) is 2.20. The van der Waals surface area contributed by atoms with Crippen LogP contribution in [0, 0.1) is 0 Å². The highest BCUT2D eigenvalue weighted by atomic mass is 35.5. The molecule has 0 radical (unpaired) electrons. The topological polar surface area (TPSA) is 112 Å². The lowest BCUT2D eigenvalue weighted by Crippen LogP contribution is -2.60. The molecule has 9 nitrogen and oxygen atoms in total. The molecule has 1 saturated carbocycles. The molecule has 0 bridgehead atoms. The Morgan fingerprint density at radius 1 is 1.19 bits per heavy atom. The first-order chi connectivity index (χ1) is 17.7. The van der Waals surface area contributed by atoms with Gasteiger partial charge in [-0.25, -0.2) is 14.8 Å². The lowest BCUT2D eigenvalue weighted by molar-refractivity contribution is -0.131. The van der Waals surface area contributed by atoms with Crippen molar-refractivity contribution in [3.63, 3.8) is 0 Å². The number of nitrogens with one attached hydrogen (secondary N) is 3. The van der Waals surface area contributed by atoms with Crippen molar-refractivity contribution in [1.82, 2.24) is 25.2 Å². The van der Waals surface area contributed by atoms with Gasteiger partial charge in [-0.1, -0.05) is 11.6 Å². The summed E-state index contributed by atoms with van der Waals surface area (Å²) >= 11 is 6.39. The van der Waals surface area contributed by atoms with Crippen molar-refractivity contribution < 1.29 is 14.3 Å². The Morgan fingerprint density at radius 2 is 2.00 bits per heavy atom. The fraction of sp³-hybridized carbons (Fsp3) is 0.481. The van der Waals surface area contributed by atoms with E-state index in [4.69, 9.17) is 16.3 Å². The lowest BCUT2D eigenvalue weighted by atomic mass is 9.90. The summed E-state index contributed by atoms with van der Waals surface area (Å²) in [7, 11) is 0. The van der Waals surface area contributed by atoms with E-state index in [1.807, 2.05) is 51.2 Å². The van der Waals surface area contributed by atoms with E-state index in [9.17, 15) is 9.59 Å². The third-order valence-electron chi connectivity index (χ3n) is 6.88. The van der Waals surface area contributed by atoms with Crippen LogP contribution in [0.4, 0.5) is 10.6 Å². The van der Waals surface area contributed by atoms with Crippen LogP contribution in [0.1, 0.15) is 52.9 Å². The van der Waals surface area contributed by atoms with Crippen LogP contribution in [0.3, 0.4) is 0 Å². The highest BCUT2D eigenvalue weighted by Crippen LogP contribution is 2.32. The Balaban J connectivity index is 1.21. The highest BCUT2D eigenvalue weighted by Gasteiger charge is 2.40. The average Bonchev–Trinajstić information content (AvgIpc) is 3.21. The van der Waals surface area contributed by atoms with E-state index >= 15 is 0 Å². The molecule has 4 heterocycles. The molecular weight excluding hydrogens is 492 g/mol. The van der Waals surface area contributed by atoms with Crippen LogP contribution in [-0.4, -0.2) is 62.1 Å². The summed E-state index contributed by atoms with van der Waals surface area (Å²) in [5, 5.41) is 8.12. The van der Waals surface area contributed by atoms with Crippen LogP contribution in [0.5, 0.6) is 0 Å². The first kappa shape index (κ1) is 25.3. The minimum atomic E-state index is -0.588. The van der Waals surface area contributed by atoms with Gasteiger partial charge in [0.05, 0.1) is 0 Å². The van der Waals surface area contributed by atoms with Gasteiger partial charge in [0.15, 0.2) is 0 Å². The second-order valence-electron chi connectivity index (χ2n) is 10.9. The zero-order chi connectivity index (χ0) is 26.2. The average molecular weight is 525 g/mol. The maximum Gasteiger partial charge on any atom is 0.410 e. The van der Waals surface area contributed by atoms with Crippen molar-refractivity contribution in [1.29, 1.82) is 0 Å². The third kappa shape index (κ3) is 5.82. The van der Waals surface area contributed by atoms with E-state index in [1.165, 1.54) is 4.90 Å². The number of ether oxygens (including phenoxy) is 1. The number of carbonyl (C=O) groups excluding carboxylic acids is 2. The zero-order valence-corrected chi connectivity index (χ0v) is 22.1. The van der Waals surface area contributed by atoms with Crippen LogP contribution < -0.4 is 10.6 Å². The summed E-state index contributed by atoms with van der Waals surface area (Å²) in [6, 6.07) is 7.48. The lowest BCUT2D eigenvalue weighted by Gasteiger charge is -2.41. The number of anilines is 1. The number of nitrogens with zero attached hydrogens (tertiary/aromatic N) is 3. The molecule has 3 aromatic heterocycles. The predicted molar refractivity (Wildman–Crippen MR) is 143 cm³/mol. The second-order valence-corrected chi connectivity index (χ2v) is 11.2. The molecule has 0 spiro atoms. The van der Waals surface area contributed by atoms with Crippen molar-refractivity contribution in [3.8, 4) is 11.1 Å². The van der Waals surface area contributed by atoms with E-state index < -0.39 is 17.7 Å². The second kappa shape index (κ2) is 10.2. The van der Waals surface area contributed by atoms with E-state index in [0.717, 1.165) is 47.8 Å². The van der Waals surface area contributed by atoms with Crippen LogP contribution in [0.25, 0.3) is 22.2 Å². The van der Waals surface area contributed by atoms with E-state index in [0.29, 0.717) is 23.9 Å². The molecule has 196 valence electrons. The number of H-pyrrole nitrogens is 1. The maximum absolute atomic E-state index is 12.9. The smallest absolute Gasteiger partial charge is 0.410 e. The predicted octanol–water partition coefficient (Wildman–Crippen LogP) is 5.13. The van der Waals surface area contributed by atoms with Gasteiger partial charge >= 0.3 is 6.09 Å². The van der Waals surface area contributed by atoms with Crippen LogP contribution in [0.2, 0.25) is 5.15 Å². The van der Waals surface area contributed by atoms with Gasteiger partial charge in [-0.2, -0.15) is 0 Å². The molecule has 10 heteroatoms. The largest absolute Gasteiger partial charge is 0.444 e. The Bertz CT molecular complexity index is 1300. The Labute approximate surface area is 221 Å². The molecule has 2 aliphatic rings. The molecule has 3 unspecified atom stereocenters. The van der Waals surface area contributed by atoms with E-state index in [-0.39, 0.29) is 18.0 Å². The molecule has 5 rings (SSSR count). The molecular formula is C27H33ClN6O3.